The summed E-state index contributed by atoms with van der Waals surface area (Å²) in [5.74, 6) is 0.125. The standard InChI is InChI=1S/C14H15N3OS/c18-13(17-7-1-2-8-17)11-4-3-5-12(10-11)16-14-15-6-9-19-14/h3-6,9-10H,1-2,7-8H2,(H,15,16). The number of rotatable bonds is 3. The van der Waals surface area contributed by atoms with Gasteiger partial charge in [-0.1, -0.05) is 6.07 Å². The summed E-state index contributed by atoms with van der Waals surface area (Å²) in [7, 11) is 0. The van der Waals surface area contributed by atoms with Crippen molar-refractivity contribution in [3.8, 4) is 0 Å². The van der Waals surface area contributed by atoms with E-state index in [0.29, 0.717) is 0 Å². The molecule has 1 saturated heterocycles. The van der Waals surface area contributed by atoms with Crippen molar-refractivity contribution >= 4 is 28.1 Å². The number of nitrogens with one attached hydrogen (secondary N) is 1. The van der Waals surface area contributed by atoms with Crippen LogP contribution in [0.4, 0.5) is 10.8 Å². The molecule has 3 rings (SSSR count). The maximum absolute atomic E-state index is 12.3. The molecule has 1 aliphatic rings. The van der Waals surface area contributed by atoms with E-state index in [9.17, 15) is 4.79 Å². The number of aromatic nitrogens is 1. The van der Waals surface area contributed by atoms with Gasteiger partial charge in [-0.3, -0.25) is 4.79 Å². The van der Waals surface area contributed by atoms with E-state index in [0.717, 1.165) is 42.3 Å². The molecule has 0 saturated carbocycles. The Labute approximate surface area is 116 Å². The minimum absolute atomic E-state index is 0.125. The lowest BCUT2D eigenvalue weighted by molar-refractivity contribution is 0.0793. The quantitative estimate of drug-likeness (QED) is 0.934. The fourth-order valence-electron chi connectivity index (χ4n) is 2.24. The number of amides is 1. The highest BCUT2D eigenvalue weighted by molar-refractivity contribution is 7.13. The van der Waals surface area contributed by atoms with Gasteiger partial charge in [0.05, 0.1) is 0 Å². The molecular formula is C14H15N3OS. The summed E-state index contributed by atoms with van der Waals surface area (Å²) in [6, 6.07) is 7.61. The molecule has 1 aliphatic heterocycles. The Bertz CT molecular complexity index is 562. The van der Waals surface area contributed by atoms with Crippen molar-refractivity contribution in [1.82, 2.24) is 9.88 Å². The fraction of sp³-hybridized carbons (Fsp3) is 0.286. The molecular weight excluding hydrogens is 258 g/mol. The highest BCUT2D eigenvalue weighted by atomic mass is 32.1. The predicted molar refractivity (Wildman–Crippen MR) is 77.0 cm³/mol. The first kappa shape index (κ1) is 12.2. The van der Waals surface area contributed by atoms with Gasteiger partial charge in [0.2, 0.25) is 0 Å². The molecule has 0 radical (unpaired) electrons. The summed E-state index contributed by atoms with van der Waals surface area (Å²) in [5.41, 5.74) is 1.64. The van der Waals surface area contributed by atoms with Gasteiger partial charge in [0.15, 0.2) is 5.13 Å². The van der Waals surface area contributed by atoms with Crippen LogP contribution < -0.4 is 5.32 Å². The third-order valence-electron chi connectivity index (χ3n) is 3.19. The van der Waals surface area contributed by atoms with Crippen LogP contribution >= 0.6 is 11.3 Å². The SMILES string of the molecule is O=C(c1cccc(Nc2nccs2)c1)N1CCCC1. The number of hydrogen-bond acceptors (Lipinski definition) is 4. The summed E-state index contributed by atoms with van der Waals surface area (Å²) >= 11 is 1.54. The second-order valence-electron chi connectivity index (χ2n) is 4.54. The van der Waals surface area contributed by atoms with Crippen molar-refractivity contribution in [2.45, 2.75) is 12.8 Å². The number of anilines is 2. The van der Waals surface area contributed by atoms with E-state index in [1.807, 2.05) is 34.5 Å². The van der Waals surface area contributed by atoms with E-state index < -0.39 is 0 Å². The molecule has 0 aliphatic carbocycles. The van der Waals surface area contributed by atoms with Gasteiger partial charge >= 0.3 is 0 Å². The Hall–Kier alpha value is -1.88. The average molecular weight is 273 g/mol. The van der Waals surface area contributed by atoms with Crippen molar-refractivity contribution in [1.29, 1.82) is 0 Å². The first-order valence-corrected chi connectivity index (χ1v) is 7.27. The van der Waals surface area contributed by atoms with Crippen LogP contribution in [0.2, 0.25) is 0 Å². The number of thiazole rings is 1. The minimum atomic E-state index is 0.125. The number of carbonyl (C=O) groups is 1. The van der Waals surface area contributed by atoms with Crippen LogP contribution in [0.1, 0.15) is 23.2 Å². The van der Waals surface area contributed by atoms with E-state index in [4.69, 9.17) is 0 Å². The third-order valence-corrected chi connectivity index (χ3v) is 3.87. The Morgan fingerprint density at radius 3 is 2.89 bits per heavy atom. The molecule has 98 valence electrons. The van der Waals surface area contributed by atoms with Gasteiger partial charge in [0, 0.05) is 35.9 Å². The lowest BCUT2D eigenvalue weighted by Crippen LogP contribution is -2.27. The molecule has 0 atom stereocenters. The molecule has 0 spiro atoms. The number of carbonyl (C=O) groups excluding carboxylic acids is 1. The molecule has 0 unspecified atom stereocenters. The Morgan fingerprint density at radius 2 is 2.16 bits per heavy atom. The van der Waals surface area contributed by atoms with Crippen LogP contribution in [0.3, 0.4) is 0 Å². The van der Waals surface area contributed by atoms with Crippen LogP contribution in [0, 0.1) is 0 Å². The predicted octanol–water partition coefficient (Wildman–Crippen LogP) is 3.12. The van der Waals surface area contributed by atoms with Gasteiger partial charge in [-0.25, -0.2) is 4.98 Å². The van der Waals surface area contributed by atoms with Crippen molar-refractivity contribution < 1.29 is 4.79 Å². The van der Waals surface area contributed by atoms with Gasteiger partial charge in [0.25, 0.3) is 5.91 Å². The molecule has 1 aromatic heterocycles. The lowest BCUT2D eigenvalue weighted by Gasteiger charge is -2.15. The van der Waals surface area contributed by atoms with E-state index in [2.05, 4.69) is 10.3 Å². The fourth-order valence-corrected chi connectivity index (χ4v) is 2.79. The summed E-state index contributed by atoms with van der Waals surface area (Å²) in [6.45, 7) is 1.76. The maximum Gasteiger partial charge on any atom is 0.253 e. The van der Waals surface area contributed by atoms with Crippen LogP contribution in [0.5, 0.6) is 0 Å². The number of benzene rings is 1. The second kappa shape index (κ2) is 5.40. The first-order chi connectivity index (χ1) is 9.33. The molecule has 2 heterocycles. The molecule has 2 aromatic rings. The number of hydrogen-bond donors (Lipinski definition) is 1. The number of likely N-dealkylation sites (tertiary alicyclic amines) is 1. The van der Waals surface area contributed by atoms with E-state index >= 15 is 0 Å². The topological polar surface area (TPSA) is 45.2 Å². The molecule has 1 amide bonds. The Kier molecular flexibility index (Phi) is 3.46. The molecule has 1 N–H and O–H groups in total. The van der Waals surface area contributed by atoms with Crippen LogP contribution in [-0.2, 0) is 0 Å². The summed E-state index contributed by atoms with van der Waals surface area (Å²) in [6.07, 6.45) is 3.98. The van der Waals surface area contributed by atoms with Gasteiger partial charge in [-0.2, -0.15) is 0 Å². The van der Waals surface area contributed by atoms with E-state index in [-0.39, 0.29) is 5.91 Å². The van der Waals surface area contributed by atoms with Crippen LogP contribution in [-0.4, -0.2) is 28.9 Å². The first-order valence-electron chi connectivity index (χ1n) is 6.39. The summed E-state index contributed by atoms with van der Waals surface area (Å²) in [4.78, 5) is 18.4. The van der Waals surface area contributed by atoms with Crippen molar-refractivity contribution in [3.63, 3.8) is 0 Å². The normalized spacial score (nSPS) is 14.6. The van der Waals surface area contributed by atoms with Gasteiger partial charge in [0.1, 0.15) is 0 Å². The molecule has 4 nitrogen and oxygen atoms in total. The van der Waals surface area contributed by atoms with E-state index in [1.54, 1.807) is 6.20 Å². The molecule has 5 heteroatoms. The average Bonchev–Trinajstić information content (AvgIpc) is 3.11. The summed E-state index contributed by atoms with van der Waals surface area (Å²) < 4.78 is 0. The smallest absolute Gasteiger partial charge is 0.253 e. The number of nitrogens with zero attached hydrogens (tertiary/aromatic N) is 2. The van der Waals surface area contributed by atoms with Gasteiger partial charge < -0.3 is 10.2 Å². The van der Waals surface area contributed by atoms with Gasteiger partial charge in [-0.05, 0) is 31.0 Å². The maximum atomic E-state index is 12.3. The van der Waals surface area contributed by atoms with Crippen molar-refractivity contribution in [2.75, 3.05) is 18.4 Å². The zero-order chi connectivity index (χ0) is 13.1. The molecule has 1 aromatic carbocycles. The van der Waals surface area contributed by atoms with Gasteiger partial charge in [-0.15, -0.1) is 11.3 Å². The zero-order valence-electron chi connectivity index (χ0n) is 10.5. The monoisotopic (exact) mass is 273 g/mol. The Morgan fingerprint density at radius 1 is 1.32 bits per heavy atom. The highest BCUT2D eigenvalue weighted by Crippen LogP contribution is 2.21. The van der Waals surface area contributed by atoms with Crippen LogP contribution in [0.15, 0.2) is 35.8 Å². The van der Waals surface area contributed by atoms with Crippen molar-refractivity contribution in [2.24, 2.45) is 0 Å². The molecule has 0 bridgehead atoms. The zero-order valence-corrected chi connectivity index (χ0v) is 11.3. The largest absolute Gasteiger partial charge is 0.339 e. The second-order valence-corrected chi connectivity index (χ2v) is 5.44. The molecule has 19 heavy (non-hydrogen) atoms. The molecule has 1 fully saturated rings. The minimum Gasteiger partial charge on any atom is -0.339 e. The van der Waals surface area contributed by atoms with E-state index in [1.165, 1.54) is 11.3 Å². The Balaban J connectivity index is 1.77. The highest BCUT2D eigenvalue weighted by Gasteiger charge is 2.19. The third kappa shape index (κ3) is 2.76. The van der Waals surface area contributed by atoms with Crippen LogP contribution in [0.25, 0.3) is 0 Å². The lowest BCUT2D eigenvalue weighted by atomic mass is 10.2. The van der Waals surface area contributed by atoms with Crippen molar-refractivity contribution in [3.05, 3.63) is 41.4 Å². The summed E-state index contributed by atoms with van der Waals surface area (Å²) in [5, 5.41) is 5.96.